The highest BCUT2D eigenvalue weighted by Gasteiger charge is 2.07. The van der Waals surface area contributed by atoms with E-state index in [1.807, 2.05) is 24.3 Å². The zero-order valence-electron chi connectivity index (χ0n) is 8.31. The van der Waals surface area contributed by atoms with Gasteiger partial charge in [0.15, 0.2) is 5.43 Å². The van der Waals surface area contributed by atoms with Gasteiger partial charge in [-0.05, 0) is 24.3 Å². The Balaban J connectivity index is 2.67. The van der Waals surface area contributed by atoms with Gasteiger partial charge < -0.3 is 5.11 Å². The smallest absolute Gasteiger partial charge is 0.196 e. The van der Waals surface area contributed by atoms with Gasteiger partial charge in [0.05, 0.1) is 4.70 Å². The van der Waals surface area contributed by atoms with Gasteiger partial charge in [0.2, 0.25) is 0 Å². The fourth-order valence-corrected chi connectivity index (χ4v) is 2.89. The van der Waals surface area contributed by atoms with E-state index in [0.29, 0.717) is 15.5 Å². The maximum absolute atomic E-state index is 12.1. The van der Waals surface area contributed by atoms with Gasteiger partial charge >= 0.3 is 0 Å². The minimum Gasteiger partial charge on any atom is -0.506 e. The highest BCUT2D eigenvalue weighted by Crippen LogP contribution is 2.30. The van der Waals surface area contributed by atoms with Gasteiger partial charge in [-0.3, -0.25) is 4.79 Å². The van der Waals surface area contributed by atoms with Crippen molar-refractivity contribution < 1.29 is 5.11 Å². The number of hydrogen-bond acceptors (Lipinski definition) is 3. The molecule has 0 aliphatic heterocycles. The highest BCUT2D eigenvalue weighted by atomic mass is 32.1. The number of rotatable bonds is 0. The molecule has 0 spiro atoms. The molecule has 1 heterocycles. The Kier molecular flexibility index (Phi) is 1.94. The Morgan fingerprint density at radius 3 is 2.56 bits per heavy atom. The molecule has 0 fully saturated rings. The summed E-state index contributed by atoms with van der Waals surface area (Å²) in [4.78, 5) is 12.1. The maximum atomic E-state index is 12.1. The molecule has 16 heavy (non-hydrogen) atoms. The molecule has 3 rings (SSSR count). The SMILES string of the molecule is O=c1c2ccccc2sc2c(O)cccc12. The molecule has 3 heteroatoms. The van der Waals surface area contributed by atoms with E-state index in [0.717, 1.165) is 4.70 Å². The maximum Gasteiger partial charge on any atom is 0.196 e. The minimum absolute atomic E-state index is 0.0137. The molecule has 0 saturated heterocycles. The fourth-order valence-electron chi connectivity index (χ4n) is 1.81. The van der Waals surface area contributed by atoms with Crippen LogP contribution >= 0.6 is 11.3 Å². The van der Waals surface area contributed by atoms with Crippen molar-refractivity contribution in [3.63, 3.8) is 0 Å². The molecule has 0 aliphatic rings. The average Bonchev–Trinajstić information content (AvgIpc) is 2.31. The minimum atomic E-state index is -0.0137. The van der Waals surface area contributed by atoms with E-state index < -0.39 is 0 Å². The molecule has 0 radical (unpaired) electrons. The first kappa shape index (κ1) is 9.36. The molecule has 0 atom stereocenters. The predicted molar refractivity (Wildman–Crippen MR) is 67.3 cm³/mol. The zero-order valence-corrected chi connectivity index (χ0v) is 9.12. The molecule has 0 aliphatic carbocycles. The monoisotopic (exact) mass is 228 g/mol. The average molecular weight is 228 g/mol. The normalized spacial score (nSPS) is 11.0. The second kappa shape index (κ2) is 3.32. The van der Waals surface area contributed by atoms with Crippen LogP contribution < -0.4 is 5.43 Å². The standard InChI is InChI=1S/C13H8O2S/c14-10-6-3-5-9-12(15)8-4-1-2-7-11(8)16-13(9)10/h1-7,14H. The Morgan fingerprint density at radius 1 is 0.938 bits per heavy atom. The number of hydrogen-bond donors (Lipinski definition) is 1. The van der Waals surface area contributed by atoms with Crippen molar-refractivity contribution in [1.82, 2.24) is 0 Å². The van der Waals surface area contributed by atoms with Crippen LogP contribution in [0.5, 0.6) is 5.75 Å². The molecule has 1 aromatic heterocycles. The topological polar surface area (TPSA) is 37.3 Å². The fraction of sp³-hybridized carbons (Fsp3) is 0. The summed E-state index contributed by atoms with van der Waals surface area (Å²) in [6.07, 6.45) is 0. The molecule has 1 N–H and O–H groups in total. The highest BCUT2D eigenvalue weighted by molar-refractivity contribution is 7.24. The second-order valence-corrected chi connectivity index (χ2v) is 4.63. The molecule has 2 nitrogen and oxygen atoms in total. The Labute approximate surface area is 95.4 Å². The van der Waals surface area contributed by atoms with Gasteiger partial charge in [0.25, 0.3) is 0 Å². The lowest BCUT2D eigenvalue weighted by molar-refractivity contribution is 0.482. The van der Waals surface area contributed by atoms with Crippen molar-refractivity contribution in [3.05, 3.63) is 52.7 Å². The first-order valence-corrected chi connectivity index (χ1v) is 5.72. The van der Waals surface area contributed by atoms with Gasteiger partial charge in [-0.25, -0.2) is 0 Å². The summed E-state index contributed by atoms with van der Waals surface area (Å²) in [5.41, 5.74) is -0.0137. The van der Waals surface area contributed by atoms with Crippen molar-refractivity contribution in [3.8, 4) is 5.75 Å². The summed E-state index contributed by atoms with van der Waals surface area (Å²) in [5, 5.41) is 11.0. The quantitative estimate of drug-likeness (QED) is 0.600. The largest absolute Gasteiger partial charge is 0.506 e. The van der Waals surface area contributed by atoms with Crippen LogP contribution in [0.4, 0.5) is 0 Å². The molecular formula is C13H8O2S. The number of phenols is 1. The van der Waals surface area contributed by atoms with Crippen molar-refractivity contribution in [1.29, 1.82) is 0 Å². The third-order valence-electron chi connectivity index (χ3n) is 2.58. The van der Waals surface area contributed by atoms with Crippen LogP contribution in [0.3, 0.4) is 0 Å². The molecule has 2 aromatic carbocycles. The zero-order chi connectivity index (χ0) is 11.1. The van der Waals surface area contributed by atoms with E-state index in [9.17, 15) is 9.90 Å². The summed E-state index contributed by atoms with van der Waals surface area (Å²) in [6, 6.07) is 12.5. The van der Waals surface area contributed by atoms with E-state index in [1.54, 1.807) is 18.2 Å². The van der Waals surface area contributed by atoms with Crippen LogP contribution in [0.15, 0.2) is 47.3 Å². The van der Waals surface area contributed by atoms with Crippen LogP contribution in [0.2, 0.25) is 0 Å². The van der Waals surface area contributed by atoms with Crippen LogP contribution in [0.1, 0.15) is 0 Å². The van der Waals surface area contributed by atoms with Gasteiger partial charge in [-0.2, -0.15) is 0 Å². The summed E-state index contributed by atoms with van der Waals surface area (Å²) >= 11 is 1.44. The van der Waals surface area contributed by atoms with Crippen molar-refractivity contribution in [2.45, 2.75) is 0 Å². The Morgan fingerprint density at radius 2 is 1.69 bits per heavy atom. The molecule has 78 valence electrons. The van der Waals surface area contributed by atoms with E-state index in [1.165, 1.54) is 11.3 Å². The summed E-state index contributed by atoms with van der Waals surface area (Å²) in [5.74, 6) is 0.172. The van der Waals surface area contributed by atoms with Gasteiger partial charge in [-0.15, -0.1) is 11.3 Å². The third-order valence-corrected chi connectivity index (χ3v) is 3.79. The summed E-state index contributed by atoms with van der Waals surface area (Å²) in [6.45, 7) is 0. The lowest BCUT2D eigenvalue weighted by atomic mass is 10.2. The first-order valence-electron chi connectivity index (χ1n) is 4.91. The Bertz CT molecular complexity index is 744. The third kappa shape index (κ3) is 1.22. The molecule has 0 unspecified atom stereocenters. The summed E-state index contributed by atoms with van der Waals surface area (Å²) < 4.78 is 1.56. The molecular weight excluding hydrogens is 220 g/mol. The lowest BCUT2D eigenvalue weighted by Crippen LogP contribution is -2.00. The number of fused-ring (bicyclic) bond motifs is 2. The molecule has 3 aromatic rings. The van der Waals surface area contributed by atoms with Crippen molar-refractivity contribution >= 4 is 31.5 Å². The number of phenolic OH excluding ortho intramolecular Hbond substituents is 1. The van der Waals surface area contributed by atoms with Gasteiger partial charge in [0.1, 0.15) is 5.75 Å². The molecule has 0 saturated carbocycles. The lowest BCUT2D eigenvalue weighted by Gasteiger charge is -2.01. The molecule has 0 bridgehead atoms. The predicted octanol–water partition coefficient (Wildman–Crippen LogP) is 3.12. The molecule has 0 amide bonds. The van der Waals surface area contributed by atoms with Gasteiger partial charge in [-0.1, -0.05) is 18.2 Å². The van der Waals surface area contributed by atoms with Crippen LogP contribution in [-0.4, -0.2) is 5.11 Å². The van der Waals surface area contributed by atoms with E-state index in [-0.39, 0.29) is 11.2 Å². The Hall–Kier alpha value is -1.87. The van der Waals surface area contributed by atoms with E-state index >= 15 is 0 Å². The van der Waals surface area contributed by atoms with E-state index in [2.05, 4.69) is 0 Å². The van der Waals surface area contributed by atoms with Crippen LogP contribution in [-0.2, 0) is 0 Å². The summed E-state index contributed by atoms with van der Waals surface area (Å²) in [7, 11) is 0. The van der Waals surface area contributed by atoms with Crippen LogP contribution in [0.25, 0.3) is 20.2 Å². The first-order chi connectivity index (χ1) is 7.77. The van der Waals surface area contributed by atoms with E-state index in [4.69, 9.17) is 0 Å². The van der Waals surface area contributed by atoms with Crippen molar-refractivity contribution in [2.24, 2.45) is 0 Å². The van der Waals surface area contributed by atoms with Crippen molar-refractivity contribution in [2.75, 3.05) is 0 Å². The number of benzene rings is 2. The van der Waals surface area contributed by atoms with Crippen LogP contribution in [0, 0.1) is 0 Å². The second-order valence-electron chi connectivity index (χ2n) is 3.58. The van der Waals surface area contributed by atoms with Gasteiger partial charge in [0, 0.05) is 15.5 Å². The number of aromatic hydroxyl groups is 1.